The average Bonchev–Trinajstić information content (AvgIpc) is 2.36. The lowest BCUT2D eigenvalue weighted by atomic mass is 9.67. The van der Waals surface area contributed by atoms with E-state index < -0.39 is 0 Å². The van der Waals surface area contributed by atoms with Crippen LogP contribution in [0.25, 0.3) is 0 Å². The molecular weight excluding hydrogens is 236 g/mol. The maximum Gasteiger partial charge on any atom is 0.230 e. The summed E-state index contributed by atoms with van der Waals surface area (Å²) >= 11 is 0. The Labute approximate surface area is 118 Å². The van der Waals surface area contributed by atoms with E-state index >= 15 is 0 Å². The molecule has 1 saturated carbocycles. The summed E-state index contributed by atoms with van der Waals surface area (Å²) in [6, 6.07) is 0. The third-order valence-electron chi connectivity index (χ3n) is 4.51. The second-order valence-electron chi connectivity index (χ2n) is 6.04. The predicted octanol–water partition coefficient (Wildman–Crippen LogP) is 3.32. The van der Waals surface area contributed by atoms with Gasteiger partial charge in [-0.25, -0.2) is 0 Å². The summed E-state index contributed by atoms with van der Waals surface area (Å²) < 4.78 is 0. The molecule has 0 aliphatic heterocycles. The van der Waals surface area contributed by atoms with Crippen LogP contribution < -0.4 is 5.73 Å². The van der Waals surface area contributed by atoms with Crippen LogP contribution in [0.1, 0.15) is 71.6 Å². The standard InChI is InChI=1S/C16H32N2O/c1-3-5-7-12-18(13-8-6-4-2)15(19)16(14-17)10-9-11-16/h3-14,17H2,1-2H3. The Kier molecular flexibility index (Phi) is 7.44. The Hall–Kier alpha value is -0.570. The Morgan fingerprint density at radius 2 is 1.58 bits per heavy atom. The van der Waals surface area contributed by atoms with Gasteiger partial charge in [0, 0.05) is 19.6 Å². The van der Waals surface area contributed by atoms with Gasteiger partial charge in [0.05, 0.1) is 5.41 Å². The molecule has 2 N–H and O–H groups in total. The van der Waals surface area contributed by atoms with E-state index in [1.165, 1.54) is 32.1 Å². The van der Waals surface area contributed by atoms with Gasteiger partial charge in [-0.3, -0.25) is 4.79 Å². The van der Waals surface area contributed by atoms with Crippen LogP contribution in [0.3, 0.4) is 0 Å². The molecule has 0 unspecified atom stereocenters. The van der Waals surface area contributed by atoms with E-state index in [-0.39, 0.29) is 5.41 Å². The quantitative estimate of drug-likeness (QED) is 0.618. The molecule has 0 aromatic heterocycles. The molecule has 0 atom stereocenters. The molecule has 3 heteroatoms. The van der Waals surface area contributed by atoms with Gasteiger partial charge >= 0.3 is 0 Å². The van der Waals surface area contributed by atoms with Crippen LogP contribution in [0, 0.1) is 5.41 Å². The molecule has 1 fully saturated rings. The lowest BCUT2D eigenvalue weighted by Gasteiger charge is -2.43. The highest BCUT2D eigenvalue weighted by Crippen LogP contribution is 2.41. The Balaban J connectivity index is 2.52. The van der Waals surface area contributed by atoms with Crippen LogP contribution in [0.2, 0.25) is 0 Å². The molecule has 0 heterocycles. The first kappa shape index (κ1) is 16.5. The molecule has 19 heavy (non-hydrogen) atoms. The summed E-state index contributed by atoms with van der Waals surface area (Å²) in [5, 5.41) is 0. The number of rotatable bonds is 10. The van der Waals surface area contributed by atoms with Gasteiger partial charge in [-0.1, -0.05) is 46.0 Å². The van der Waals surface area contributed by atoms with Crippen molar-refractivity contribution in [1.82, 2.24) is 4.90 Å². The fourth-order valence-electron chi connectivity index (χ4n) is 2.86. The summed E-state index contributed by atoms with van der Waals surface area (Å²) in [4.78, 5) is 14.8. The zero-order valence-corrected chi connectivity index (χ0v) is 12.9. The average molecular weight is 268 g/mol. The molecule has 0 aromatic carbocycles. The zero-order chi connectivity index (χ0) is 14.1. The van der Waals surface area contributed by atoms with Crippen molar-refractivity contribution in [3.05, 3.63) is 0 Å². The largest absolute Gasteiger partial charge is 0.342 e. The molecule has 0 radical (unpaired) electrons. The molecule has 1 aliphatic carbocycles. The van der Waals surface area contributed by atoms with Crippen LogP contribution in [0.4, 0.5) is 0 Å². The third-order valence-corrected chi connectivity index (χ3v) is 4.51. The van der Waals surface area contributed by atoms with Gasteiger partial charge in [-0.2, -0.15) is 0 Å². The molecule has 1 amide bonds. The van der Waals surface area contributed by atoms with Crippen molar-refractivity contribution >= 4 is 5.91 Å². The maximum absolute atomic E-state index is 12.7. The van der Waals surface area contributed by atoms with Crippen molar-refractivity contribution in [1.29, 1.82) is 0 Å². The normalized spacial score (nSPS) is 17.0. The van der Waals surface area contributed by atoms with Gasteiger partial charge in [-0.05, 0) is 25.7 Å². The Bertz CT molecular complexity index is 246. The first-order chi connectivity index (χ1) is 9.20. The molecule has 0 spiro atoms. The third kappa shape index (κ3) is 4.48. The topological polar surface area (TPSA) is 46.3 Å². The molecule has 112 valence electrons. The highest BCUT2D eigenvalue weighted by Gasteiger charge is 2.44. The van der Waals surface area contributed by atoms with Gasteiger partial charge < -0.3 is 10.6 Å². The number of unbranched alkanes of at least 4 members (excludes halogenated alkanes) is 4. The van der Waals surface area contributed by atoms with Gasteiger partial charge in [0.15, 0.2) is 0 Å². The fraction of sp³-hybridized carbons (Fsp3) is 0.938. The van der Waals surface area contributed by atoms with Gasteiger partial charge in [0.2, 0.25) is 5.91 Å². The smallest absolute Gasteiger partial charge is 0.230 e. The van der Waals surface area contributed by atoms with E-state index in [0.717, 1.165) is 38.8 Å². The Morgan fingerprint density at radius 3 is 1.89 bits per heavy atom. The number of nitrogens with zero attached hydrogens (tertiary/aromatic N) is 1. The predicted molar refractivity (Wildman–Crippen MR) is 81.0 cm³/mol. The van der Waals surface area contributed by atoms with E-state index in [1.54, 1.807) is 0 Å². The van der Waals surface area contributed by atoms with Crippen LogP contribution in [0.5, 0.6) is 0 Å². The van der Waals surface area contributed by atoms with Crippen molar-refractivity contribution in [2.24, 2.45) is 11.1 Å². The molecule has 0 aromatic rings. The lowest BCUT2D eigenvalue weighted by molar-refractivity contribution is -0.146. The first-order valence-electron chi connectivity index (χ1n) is 8.19. The molecule has 3 nitrogen and oxygen atoms in total. The van der Waals surface area contributed by atoms with Crippen LogP contribution in [-0.2, 0) is 4.79 Å². The minimum Gasteiger partial charge on any atom is -0.342 e. The van der Waals surface area contributed by atoms with E-state index in [9.17, 15) is 4.79 Å². The number of carbonyl (C=O) groups excluding carboxylic acids is 1. The van der Waals surface area contributed by atoms with Gasteiger partial charge in [-0.15, -0.1) is 0 Å². The number of carbonyl (C=O) groups is 1. The van der Waals surface area contributed by atoms with Crippen LogP contribution in [0.15, 0.2) is 0 Å². The maximum atomic E-state index is 12.7. The minimum atomic E-state index is -0.196. The first-order valence-corrected chi connectivity index (χ1v) is 8.19. The number of nitrogens with two attached hydrogens (primary N) is 1. The zero-order valence-electron chi connectivity index (χ0n) is 12.9. The monoisotopic (exact) mass is 268 g/mol. The van der Waals surface area contributed by atoms with Crippen molar-refractivity contribution in [2.75, 3.05) is 19.6 Å². The van der Waals surface area contributed by atoms with Crippen molar-refractivity contribution in [3.8, 4) is 0 Å². The number of amides is 1. The Morgan fingerprint density at radius 1 is 1.05 bits per heavy atom. The van der Waals surface area contributed by atoms with Crippen LogP contribution in [-0.4, -0.2) is 30.4 Å². The van der Waals surface area contributed by atoms with Crippen molar-refractivity contribution in [3.63, 3.8) is 0 Å². The highest BCUT2D eigenvalue weighted by atomic mass is 16.2. The molecule has 0 saturated heterocycles. The minimum absolute atomic E-state index is 0.196. The number of hydrogen-bond acceptors (Lipinski definition) is 2. The molecule has 1 aliphatic rings. The summed E-state index contributed by atoms with van der Waals surface area (Å²) in [5.74, 6) is 0.341. The lowest BCUT2D eigenvalue weighted by Crippen LogP contribution is -2.52. The molecular formula is C16H32N2O. The fourth-order valence-corrected chi connectivity index (χ4v) is 2.86. The highest BCUT2D eigenvalue weighted by molar-refractivity contribution is 5.84. The van der Waals surface area contributed by atoms with Crippen molar-refractivity contribution < 1.29 is 4.79 Å². The second kappa shape index (κ2) is 8.57. The van der Waals surface area contributed by atoms with Crippen molar-refractivity contribution in [2.45, 2.75) is 71.6 Å². The van der Waals surface area contributed by atoms with E-state index in [1.807, 2.05) is 0 Å². The van der Waals surface area contributed by atoms with E-state index in [4.69, 9.17) is 5.73 Å². The molecule has 1 rings (SSSR count). The summed E-state index contributed by atoms with van der Waals surface area (Å²) in [6.07, 6.45) is 10.3. The molecule has 0 bridgehead atoms. The summed E-state index contributed by atoms with van der Waals surface area (Å²) in [5.41, 5.74) is 5.67. The van der Waals surface area contributed by atoms with E-state index in [0.29, 0.717) is 12.5 Å². The second-order valence-corrected chi connectivity index (χ2v) is 6.04. The SMILES string of the molecule is CCCCCN(CCCCC)C(=O)C1(CN)CCC1. The van der Waals surface area contributed by atoms with Crippen LogP contribution >= 0.6 is 0 Å². The summed E-state index contributed by atoms with van der Waals surface area (Å²) in [7, 11) is 0. The number of hydrogen-bond donors (Lipinski definition) is 1. The summed E-state index contributed by atoms with van der Waals surface area (Å²) in [6.45, 7) is 6.80. The van der Waals surface area contributed by atoms with Gasteiger partial charge in [0.25, 0.3) is 0 Å². The van der Waals surface area contributed by atoms with E-state index in [2.05, 4.69) is 18.7 Å². The van der Waals surface area contributed by atoms with Gasteiger partial charge in [0.1, 0.15) is 0 Å².